The highest BCUT2D eigenvalue weighted by Crippen LogP contribution is 2.40. The Kier molecular flexibility index (Phi) is 4.76. The number of hydrogen-bond acceptors (Lipinski definition) is 4. The summed E-state index contributed by atoms with van der Waals surface area (Å²) in [6.45, 7) is 2.85. The molecule has 4 aromatic rings. The van der Waals surface area contributed by atoms with Gasteiger partial charge >= 0.3 is 0 Å². The summed E-state index contributed by atoms with van der Waals surface area (Å²) in [5.74, 6) is 0.895. The predicted octanol–water partition coefficient (Wildman–Crippen LogP) is 4.49. The standard InChI is InChI=1S/C24H25N3O2S/c1-26-12-16(18-8-7-17(29-2)11-20(18)26)14-27-10-9-15(13-27)22-19-5-3-4-6-21(19)30-23(22)24(25)28/h3-8,11-12,15H,9-10,13-14H2,1-2H3,(H2,25,28). The van der Waals surface area contributed by atoms with Crippen molar-refractivity contribution in [2.45, 2.75) is 18.9 Å². The lowest BCUT2D eigenvalue weighted by molar-refractivity contribution is 0.100. The van der Waals surface area contributed by atoms with Gasteiger partial charge in [-0.1, -0.05) is 18.2 Å². The molecule has 1 aliphatic rings. The maximum absolute atomic E-state index is 12.1. The summed E-state index contributed by atoms with van der Waals surface area (Å²) in [5.41, 5.74) is 9.39. The minimum atomic E-state index is -0.312. The molecular weight excluding hydrogens is 394 g/mol. The molecular formula is C24H25N3O2S. The molecule has 0 bridgehead atoms. The van der Waals surface area contributed by atoms with Crippen molar-refractivity contribution in [2.24, 2.45) is 12.8 Å². The van der Waals surface area contributed by atoms with Crippen LogP contribution in [0.2, 0.25) is 0 Å². The van der Waals surface area contributed by atoms with Crippen LogP contribution in [0.3, 0.4) is 0 Å². The van der Waals surface area contributed by atoms with Gasteiger partial charge in [0.1, 0.15) is 5.75 Å². The number of nitrogens with zero attached hydrogens (tertiary/aromatic N) is 2. The van der Waals surface area contributed by atoms with E-state index in [4.69, 9.17) is 10.5 Å². The quantitative estimate of drug-likeness (QED) is 0.518. The molecule has 154 valence electrons. The molecule has 1 unspecified atom stereocenters. The van der Waals surface area contributed by atoms with Crippen LogP contribution in [-0.4, -0.2) is 35.6 Å². The van der Waals surface area contributed by atoms with Crippen molar-refractivity contribution in [3.63, 3.8) is 0 Å². The number of carbonyl (C=O) groups excluding carboxylic acids is 1. The number of benzene rings is 2. The number of rotatable bonds is 5. The maximum Gasteiger partial charge on any atom is 0.259 e. The molecule has 1 aliphatic heterocycles. The van der Waals surface area contributed by atoms with Gasteiger partial charge in [-0.15, -0.1) is 11.3 Å². The van der Waals surface area contributed by atoms with Gasteiger partial charge in [-0.3, -0.25) is 9.69 Å². The summed E-state index contributed by atoms with van der Waals surface area (Å²) in [6.07, 6.45) is 3.26. The molecule has 30 heavy (non-hydrogen) atoms. The SMILES string of the molecule is COc1ccc2c(CN3CCC(c4c(C(N)=O)sc5ccccc45)C3)cn(C)c2c1. The van der Waals surface area contributed by atoms with Crippen LogP contribution in [0.5, 0.6) is 5.75 Å². The van der Waals surface area contributed by atoms with Crippen LogP contribution in [0, 0.1) is 0 Å². The molecule has 0 saturated carbocycles. The fraction of sp³-hybridized carbons (Fsp3) is 0.292. The van der Waals surface area contributed by atoms with Crippen LogP contribution < -0.4 is 10.5 Å². The monoisotopic (exact) mass is 419 g/mol. The van der Waals surface area contributed by atoms with Crippen molar-refractivity contribution in [3.8, 4) is 5.75 Å². The molecule has 1 atom stereocenters. The highest BCUT2D eigenvalue weighted by atomic mass is 32.1. The molecule has 5 rings (SSSR count). The number of likely N-dealkylation sites (tertiary alicyclic amines) is 1. The van der Waals surface area contributed by atoms with E-state index < -0.39 is 0 Å². The van der Waals surface area contributed by atoms with E-state index in [0.717, 1.165) is 46.9 Å². The first-order valence-corrected chi connectivity index (χ1v) is 11.0. The molecule has 3 heterocycles. The van der Waals surface area contributed by atoms with E-state index in [1.807, 2.05) is 18.2 Å². The fourth-order valence-electron chi connectivity index (χ4n) is 4.81. The highest BCUT2D eigenvalue weighted by Gasteiger charge is 2.30. The first-order valence-electron chi connectivity index (χ1n) is 10.2. The second-order valence-electron chi connectivity index (χ2n) is 8.07. The smallest absolute Gasteiger partial charge is 0.259 e. The van der Waals surface area contributed by atoms with Crippen LogP contribution in [0.15, 0.2) is 48.7 Å². The molecule has 1 amide bonds. The Balaban J connectivity index is 1.42. The van der Waals surface area contributed by atoms with Crippen LogP contribution in [0.4, 0.5) is 0 Å². The van der Waals surface area contributed by atoms with Crippen molar-refractivity contribution < 1.29 is 9.53 Å². The van der Waals surface area contributed by atoms with Crippen molar-refractivity contribution in [2.75, 3.05) is 20.2 Å². The second kappa shape index (κ2) is 7.45. The van der Waals surface area contributed by atoms with Gasteiger partial charge in [0.2, 0.25) is 0 Å². The summed E-state index contributed by atoms with van der Waals surface area (Å²) in [7, 11) is 3.78. The van der Waals surface area contributed by atoms with Gasteiger partial charge in [0.25, 0.3) is 5.91 Å². The van der Waals surface area contributed by atoms with E-state index >= 15 is 0 Å². The molecule has 1 fully saturated rings. The number of thiophene rings is 1. The Morgan fingerprint density at radius 1 is 1.23 bits per heavy atom. The van der Waals surface area contributed by atoms with Gasteiger partial charge < -0.3 is 15.0 Å². The first-order chi connectivity index (χ1) is 14.5. The minimum Gasteiger partial charge on any atom is -0.497 e. The Morgan fingerprint density at radius 3 is 2.87 bits per heavy atom. The lowest BCUT2D eigenvalue weighted by atomic mass is 9.95. The Morgan fingerprint density at radius 2 is 2.07 bits per heavy atom. The summed E-state index contributed by atoms with van der Waals surface area (Å²) in [4.78, 5) is 15.3. The Hall–Kier alpha value is -2.83. The van der Waals surface area contributed by atoms with Crippen molar-refractivity contribution >= 4 is 38.2 Å². The Labute approximate surface area is 179 Å². The number of aryl methyl sites for hydroxylation is 1. The van der Waals surface area contributed by atoms with E-state index in [1.54, 1.807) is 7.11 Å². The van der Waals surface area contributed by atoms with Gasteiger partial charge in [0.05, 0.1) is 17.5 Å². The zero-order chi connectivity index (χ0) is 20.8. The number of carbonyl (C=O) groups is 1. The van der Waals surface area contributed by atoms with Crippen LogP contribution in [-0.2, 0) is 13.6 Å². The predicted molar refractivity (Wildman–Crippen MR) is 122 cm³/mol. The molecule has 0 radical (unpaired) electrons. The number of amides is 1. The fourth-order valence-corrected chi connectivity index (χ4v) is 5.95. The number of ether oxygens (including phenoxy) is 1. The van der Waals surface area contributed by atoms with E-state index in [2.05, 4.69) is 47.0 Å². The van der Waals surface area contributed by atoms with Crippen LogP contribution in [0.25, 0.3) is 21.0 Å². The lowest BCUT2D eigenvalue weighted by Gasteiger charge is -2.16. The van der Waals surface area contributed by atoms with Crippen molar-refractivity contribution in [3.05, 3.63) is 64.7 Å². The van der Waals surface area contributed by atoms with Gasteiger partial charge in [-0.2, -0.15) is 0 Å². The third kappa shape index (κ3) is 3.16. The zero-order valence-electron chi connectivity index (χ0n) is 17.2. The minimum absolute atomic E-state index is 0.312. The molecule has 0 aliphatic carbocycles. The van der Waals surface area contributed by atoms with Crippen LogP contribution >= 0.6 is 11.3 Å². The number of nitrogens with two attached hydrogens (primary N) is 1. The number of aromatic nitrogens is 1. The van der Waals surface area contributed by atoms with E-state index in [9.17, 15) is 4.79 Å². The lowest BCUT2D eigenvalue weighted by Crippen LogP contribution is -2.20. The second-order valence-corrected chi connectivity index (χ2v) is 9.13. The average Bonchev–Trinajstić information content (AvgIpc) is 3.44. The summed E-state index contributed by atoms with van der Waals surface area (Å²) in [6, 6.07) is 14.5. The van der Waals surface area contributed by atoms with Gasteiger partial charge in [0, 0.05) is 48.4 Å². The van der Waals surface area contributed by atoms with Gasteiger partial charge in [-0.05, 0) is 47.7 Å². The molecule has 1 saturated heterocycles. The summed E-state index contributed by atoms with van der Waals surface area (Å²) >= 11 is 1.52. The summed E-state index contributed by atoms with van der Waals surface area (Å²) < 4.78 is 8.69. The molecule has 2 aromatic carbocycles. The molecule has 2 N–H and O–H groups in total. The topological polar surface area (TPSA) is 60.5 Å². The third-order valence-corrected chi connectivity index (χ3v) is 7.41. The normalized spacial score (nSPS) is 17.2. The summed E-state index contributed by atoms with van der Waals surface area (Å²) in [5, 5.41) is 2.45. The highest BCUT2D eigenvalue weighted by molar-refractivity contribution is 7.21. The van der Waals surface area contributed by atoms with Crippen LogP contribution in [0.1, 0.15) is 33.1 Å². The maximum atomic E-state index is 12.1. The molecule has 5 nitrogen and oxygen atoms in total. The number of primary amides is 1. The first kappa shape index (κ1) is 19.2. The molecule has 0 spiro atoms. The largest absolute Gasteiger partial charge is 0.497 e. The molecule has 6 heteroatoms. The van der Waals surface area contributed by atoms with Gasteiger partial charge in [-0.25, -0.2) is 0 Å². The number of fused-ring (bicyclic) bond motifs is 2. The molecule has 2 aromatic heterocycles. The number of hydrogen-bond donors (Lipinski definition) is 1. The van der Waals surface area contributed by atoms with E-state index in [0.29, 0.717) is 5.92 Å². The van der Waals surface area contributed by atoms with Gasteiger partial charge in [0.15, 0.2) is 0 Å². The number of methoxy groups -OCH3 is 1. The zero-order valence-corrected chi connectivity index (χ0v) is 18.0. The van der Waals surface area contributed by atoms with Crippen molar-refractivity contribution in [1.29, 1.82) is 0 Å². The Bertz CT molecular complexity index is 1260. The third-order valence-electron chi connectivity index (χ3n) is 6.21. The van der Waals surface area contributed by atoms with E-state index in [-0.39, 0.29) is 5.91 Å². The van der Waals surface area contributed by atoms with E-state index in [1.165, 1.54) is 33.2 Å². The van der Waals surface area contributed by atoms with Crippen molar-refractivity contribution in [1.82, 2.24) is 9.47 Å². The average molecular weight is 420 g/mol.